The van der Waals surface area contributed by atoms with Crippen LogP contribution in [-0.2, 0) is 32.7 Å². The van der Waals surface area contributed by atoms with Crippen molar-refractivity contribution in [2.24, 2.45) is 0 Å². The minimum absolute atomic E-state index is 0. The van der Waals surface area contributed by atoms with E-state index in [1.54, 1.807) is 22.7 Å². The number of aromatic amines is 1. The molecule has 2 aromatic carbocycles. The maximum absolute atomic E-state index is 9.00. The molecule has 0 fully saturated rings. The van der Waals surface area contributed by atoms with Gasteiger partial charge < -0.3 is 10.1 Å². The van der Waals surface area contributed by atoms with Crippen molar-refractivity contribution in [3.8, 4) is 0 Å². The van der Waals surface area contributed by atoms with E-state index in [0.29, 0.717) is 0 Å². The van der Waals surface area contributed by atoms with Crippen LogP contribution in [0.5, 0.6) is 0 Å². The fraction of sp³-hybridized carbons (Fsp3) is 0.375. The number of nitrogens with one attached hydrogen (secondary N) is 1. The maximum atomic E-state index is 9.00. The standard InChI is InChI=1S/C11H13NS2.C11H13NS.C2H4O2.Fe/c1-11(2,3)7-4-5-9-8(6-7)12-10(13)14-9;1-11(2,3)8-4-5-10-9(6-8)12-7-13-10;1-2(3)4;/h4-6H,1-3H3,(H,12,13);4-7H,1-3H3;1H3,(H,3,4);. The predicted molar refractivity (Wildman–Crippen MR) is 137 cm³/mol. The third-order valence-electron chi connectivity index (χ3n) is 4.48. The molecule has 0 saturated carbocycles. The van der Waals surface area contributed by atoms with Gasteiger partial charge in [-0.1, -0.05) is 53.7 Å². The molecule has 4 rings (SSSR count). The van der Waals surface area contributed by atoms with Crippen molar-refractivity contribution in [3.05, 3.63) is 57.0 Å². The molecular formula is C24H30FeN2O2S3. The number of carboxylic acid groups (broad SMARTS) is 1. The van der Waals surface area contributed by atoms with Gasteiger partial charge in [0.05, 0.1) is 25.9 Å². The molecular weight excluding hydrogens is 500 g/mol. The quantitative estimate of drug-likeness (QED) is 0.179. The molecule has 0 aliphatic carbocycles. The van der Waals surface area contributed by atoms with Gasteiger partial charge in [-0.25, -0.2) is 4.98 Å². The Morgan fingerprint density at radius 3 is 2.00 bits per heavy atom. The first-order valence-corrected chi connectivity index (χ1v) is 12.0. The Labute approximate surface area is 213 Å². The van der Waals surface area contributed by atoms with Crippen molar-refractivity contribution in [2.45, 2.75) is 59.3 Å². The first kappa shape index (κ1) is 28.5. The molecule has 174 valence electrons. The van der Waals surface area contributed by atoms with Crippen molar-refractivity contribution >= 4 is 61.3 Å². The van der Waals surface area contributed by atoms with Crippen LogP contribution in [0.1, 0.15) is 59.6 Å². The summed E-state index contributed by atoms with van der Waals surface area (Å²) in [7, 11) is 0. The van der Waals surface area contributed by atoms with E-state index in [1.165, 1.54) is 20.5 Å². The van der Waals surface area contributed by atoms with E-state index in [9.17, 15) is 0 Å². The number of hydrogen-bond acceptors (Lipinski definition) is 5. The molecule has 0 unspecified atom stereocenters. The largest absolute Gasteiger partial charge is 0.481 e. The van der Waals surface area contributed by atoms with Crippen LogP contribution in [0.4, 0.5) is 0 Å². The summed E-state index contributed by atoms with van der Waals surface area (Å²) in [5, 5.41) is 7.42. The minimum Gasteiger partial charge on any atom is -0.481 e. The number of H-pyrrole nitrogens is 1. The van der Waals surface area contributed by atoms with Crippen LogP contribution >= 0.6 is 34.9 Å². The monoisotopic (exact) mass is 530 g/mol. The predicted octanol–water partition coefficient (Wildman–Crippen LogP) is 7.94. The van der Waals surface area contributed by atoms with Crippen LogP contribution < -0.4 is 0 Å². The number of aliphatic carboxylic acids is 1. The van der Waals surface area contributed by atoms with Gasteiger partial charge in [-0.15, -0.1) is 22.7 Å². The van der Waals surface area contributed by atoms with Crippen LogP contribution in [0.3, 0.4) is 0 Å². The van der Waals surface area contributed by atoms with Gasteiger partial charge in [-0.2, -0.15) is 0 Å². The molecule has 2 N–H and O–H groups in total. The van der Waals surface area contributed by atoms with Gasteiger partial charge in [0.1, 0.15) is 0 Å². The van der Waals surface area contributed by atoms with Gasteiger partial charge in [-0.3, -0.25) is 4.79 Å². The van der Waals surface area contributed by atoms with Crippen LogP contribution in [0, 0.1) is 3.95 Å². The number of rotatable bonds is 0. The molecule has 0 atom stereocenters. The summed E-state index contributed by atoms with van der Waals surface area (Å²) >= 11 is 8.44. The second kappa shape index (κ2) is 11.5. The molecule has 2 aromatic heterocycles. The van der Waals surface area contributed by atoms with E-state index >= 15 is 0 Å². The van der Waals surface area contributed by atoms with Crippen molar-refractivity contribution in [3.63, 3.8) is 0 Å². The summed E-state index contributed by atoms with van der Waals surface area (Å²) in [6, 6.07) is 13.1. The fourth-order valence-electron chi connectivity index (χ4n) is 2.74. The zero-order valence-corrected chi connectivity index (χ0v) is 23.0. The van der Waals surface area contributed by atoms with E-state index in [1.807, 2.05) is 5.51 Å². The molecule has 0 bridgehead atoms. The average Bonchev–Trinajstić information content (AvgIpc) is 3.23. The number of thiazole rings is 2. The Hall–Kier alpha value is -1.57. The molecule has 2 heterocycles. The Bertz CT molecular complexity index is 1220. The molecule has 0 aliphatic heterocycles. The van der Waals surface area contributed by atoms with Crippen molar-refractivity contribution in [2.75, 3.05) is 0 Å². The Kier molecular flexibility index (Phi) is 10.3. The Balaban J connectivity index is 0.000000268. The normalized spacial score (nSPS) is 11.1. The number of benzene rings is 2. The number of carboxylic acids is 1. The van der Waals surface area contributed by atoms with Gasteiger partial charge in [0.25, 0.3) is 5.97 Å². The smallest absolute Gasteiger partial charge is 0.300 e. The first-order valence-electron chi connectivity index (χ1n) is 9.94. The molecule has 0 amide bonds. The third kappa shape index (κ3) is 8.41. The Morgan fingerprint density at radius 2 is 1.47 bits per heavy atom. The van der Waals surface area contributed by atoms with E-state index in [-0.39, 0.29) is 27.9 Å². The molecule has 0 saturated heterocycles. The summed E-state index contributed by atoms with van der Waals surface area (Å²) in [4.78, 5) is 16.5. The molecule has 8 heteroatoms. The minimum atomic E-state index is -0.833. The zero-order chi connectivity index (χ0) is 23.4. The summed E-state index contributed by atoms with van der Waals surface area (Å²) in [6.45, 7) is 14.4. The Morgan fingerprint density at radius 1 is 0.969 bits per heavy atom. The second-order valence-corrected chi connectivity index (χ2v) is 11.9. The summed E-state index contributed by atoms with van der Waals surface area (Å²) in [6.07, 6.45) is 0. The van der Waals surface area contributed by atoms with Crippen molar-refractivity contribution < 1.29 is 27.0 Å². The van der Waals surface area contributed by atoms with Gasteiger partial charge >= 0.3 is 0 Å². The molecule has 32 heavy (non-hydrogen) atoms. The number of fused-ring (bicyclic) bond motifs is 2. The van der Waals surface area contributed by atoms with Crippen LogP contribution in [0.2, 0.25) is 0 Å². The maximum Gasteiger partial charge on any atom is 0.300 e. The summed E-state index contributed by atoms with van der Waals surface area (Å²) < 4.78 is 3.36. The van der Waals surface area contributed by atoms with Gasteiger partial charge in [-0.05, 0) is 58.4 Å². The van der Waals surface area contributed by atoms with Crippen molar-refractivity contribution in [1.29, 1.82) is 0 Å². The summed E-state index contributed by atoms with van der Waals surface area (Å²) in [5.41, 5.74) is 7.30. The number of carbonyl (C=O) groups is 1. The van der Waals surface area contributed by atoms with E-state index in [4.69, 9.17) is 22.1 Å². The summed E-state index contributed by atoms with van der Waals surface area (Å²) in [5.74, 6) is -0.833. The third-order valence-corrected chi connectivity index (χ3v) is 6.51. The van der Waals surface area contributed by atoms with Crippen LogP contribution in [0.25, 0.3) is 20.4 Å². The van der Waals surface area contributed by atoms with Gasteiger partial charge in [0.2, 0.25) is 0 Å². The average molecular weight is 531 g/mol. The molecule has 0 aliphatic rings. The van der Waals surface area contributed by atoms with Crippen LogP contribution in [0.15, 0.2) is 41.9 Å². The van der Waals surface area contributed by atoms with Gasteiger partial charge in [0, 0.05) is 24.0 Å². The molecule has 0 radical (unpaired) electrons. The topological polar surface area (TPSA) is 66.0 Å². The fourth-order valence-corrected chi connectivity index (χ4v) is 4.50. The van der Waals surface area contributed by atoms with Crippen molar-refractivity contribution in [1.82, 2.24) is 9.97 Å². The van der Waals surface area contributed by atoms with E-state index < -0.39 is 5.97 Å². The SMILES string of the molecule is CC(=O)O.CC(C)(C)c1ccc2sc(=S)[nH]c2c1.CC(C)(C)c1ccc2scnc2c1.[Fe]. The number of hydrogen-bond donors (Lipinski definition) is 2. The molecule has 4 nitrogen and oxygen atoms in total. The number of aromatic nitrogens is 2. The molecule has 4 aromatic rings. The van der Waals surface area contributed by atoms with Gasteiger partial charge in [0.15, 0.2) is 3.95 Å². The number of nitrogens with zero attached hydrogens (tertiary/aromatic N) is 1. The second-order valence-electron chi connectivity index (χ2n) is 9.28. The zero-order valence-electron chi connectivity index (χ0n) is 19.4. The van der Waals surface area contributed by atoms with E-state index in [0.717, 1.165) is 21.9 Å². The molecule has 0 spiro atoms. The first-order chi connectivity index (χ1) is 14.3. The van der Waals surface area contributed by atoms with E-state index in [2.05, 4.69) is 87.9 Å². The van der Waals surface area contributed by atoms with Crippen LogP contribution in [-0.4, -0.2) is 21.0 Å².